The number of halogens is 3. The Hall–Kier alpha value is -3.79. The zero-order chi connectivity index (χ0) is 22.9. The molecule has 2 aromatic carbocycles. The van der Waals surface area contributed by atoms with Gasteiger partial charge in [-0.3, -0.25) is 14.9 Å². The van der Waals surface area contributed by atoms with Crippen molar-refractivity contribution in [1.82, 2.24) is 14.8 Å². The fraction of sp³-hybridized carbons (Fsp3) is 0.0909. The first-order valence-electron chi connectivity index (χ1n) is 9.33. The predicted molar refractivity (Wildman–Crippen MR) is 115 cm³/mol. The van der Waals surface area contributed by atoms with Gasteiger partial charge in [0.05, 0.1) is 16.9 Å². The zero-order valence-electron chi connectivity index (χ0n) is 16.6. The second-order valence-electron chi connectivity index (χ2n) is 6.82. The van der Waals surface area contributed by atoms with Crippen molar-refractivity contribution in [1.29, 1.82) is 0 Å². The van der Waals surface area contributed by atoms with Crippen LogP contribution >= 0.6 is 11.3 Å². The first-order valence-corrected chi connectivity index (χ1v) is 10.2. The van der Waals surface area contributed by atoms with Gasteiger partial charge >= 0.3 is 6.18 Å². The van der Waals surface area contributed by atoms with Crippen molar-refractivity contribution in [3.8, 4) is 16.9 Å². The molecule has 0 saturated carbocycles. The fourth-order valence-corrected chi connectivity index (χ4v) is 3.72. The van der Waals surface area contributed by atoms with Crippen LogP contribution in [0.1, 0.15) is 21.7 Å². The lowest BCUT2D eigenvalue weighted by molar-refractivity contribution is -0.137. The van der Waals surface area contributed by atoms with Gasteiger partial charge in [-0.25, -0.2) is 9.67 Å². The van der Waals surface area contributed by atoms with E-state index in [0.29, 0.717) is 5.69 Å². The van der Waals surface area contributed by atoms with Gasteiger partial charge in [0.15, 0.2) is 10.8 Å². The largest absolute Gasteiger partial charge is 0.416 e. The second-order valence-corrected chi connectivity index (χ2v) is 7.67. The Kier molecular flexibility index (Phi) is 5.62. The summed E-state index contributed by atoms with van der Waals surface area (Å²) in [5.41, 5.74) is -0.0862. The van der Waals surface area contributed by atoms with Gasteiger partial charge < -0.3 is 0 Å². The molecule has 2 aromatic heterocycles. The Labute approximate surface area is 184 Å². The average Bonchev–Trinajstić information content (AvgIpc) is 3.22. The second kappa shape index (κ2) is 8.39. The summed E-state index contributed by atoms with van der Waals surface area (Å²) in [5.74, 6) is -0.801. The van der Waals surface area contributed by atoms with E-state index < -0.39 is 28.8 Å². The molecule has 0 aliphatic heterocycles. The first-order chi connectivity index (χ1) is 15.2. The van der Waals surface area contributed by atoms with E-state index in [-0.39, 0.29) is 16.5 Å². The smallest absolute Gasteiger partial charge is 0.296 e. The molecule has 1 N–H and O–H groups in total. The van der Waals surface area contributed by atoms with E-state index in [9.17, 15) is 22.8 Å². The molecule has 0 aliphatic carbocycles. The van der Waals surface area contributed by atoms with Crippen molar-refractivity contribution in [3.05, 3.63) is 93.2 Å². The van der Waals surface area contributed by atoms with Gasteiger partial charge in [-0.15, -0.1) is 11.3 Å². The van der Waals surface area contributed by atoms with Crippen LogP contribution in [0.3, 0.4) is 0 Å². The molecule has 1 amide bonds. The van der Waals surface area contributed by atoms with Gasteiger partial charge in [-0.05, 0) is 25.1 Å². The Morgan fingerprint density at radius 2 is 1.81 bits per heavy atom. The number of nitrogens with zero attached hydrogens (tertiary/aromatic N) is 3. The highest BCUT2D eigenvalue weighted by molar-refractivity contribution is 7.14. The molecular weight excluding hydrogens is 441 g/mol. The Morgan fingerprint density at radius 3 is 2.53 bits per heavy atom. The van der Waals surface area contributed by atoms with E-state index in [1.165, 1.54) is 30.4 Å². The number of aryl methyl sites for hydroxylation is 1. The molecule has 2 heterocycles. The number of alkyl halides is 3. The average molecular weight is 456 g/mol. The molecule has 0 bridgehead atoms. The summed E-state index contributed by atoms with van der Waals surface area (Å²) in [6, 6.07) is 15.0. The summed E-state index contributed by atoms with van der Waals surface area (Å²) in [5, 5.41) is 8.59. The normalized spacial score (nSPS) is 11.4. The van der Waals surface area contributed by atoms with Crippen LogP contribution in [0.4, 0.5) is 18.3 Å². The highest BCUT2D eigenvalue weighted by atomic mass is 32.1. The maximum absolute atomic E-state index is 13.1. The number of amides is 1. The van der Waals surface area contributed by atoms with Gasteiger partial charge in [-0.1, -0.05) is 36.4 Å². The molecule has 0 radical (unpaired) electrons. The van der Waals surface area contributed by atoms with Crippen LogP contribution in [0.5, 0.6) is 0 Å². The number of hydrogen-bond acceptors (Lipinski definition) is 5. The lowest BCUT2D eigenvalue weighted by atomic mass is 10.2. The molecule has 0 fully saturated rings. The molecule has 0 unspecified atom stereocenters. The van der Waals surface area contributed by atoms with Crippen LogP contribution < -0.4 is 10.7 Å². The molecule has 6 nitrogen and oxygen atoms in total. The van der Waals surface area contributed by atoms with Crippen LogP contribution in [-0.4, -0.2) is 20.7 Å². The number of benzene rings is 2. The third-order valence-corrected chi connectivity index (χ3v) is 5.29. The number of nitrogens with one attached hydrogen (secondary N) is 1. The van der Waals surface area contributed by atoms with Crippen LogP contribution in [0.25, 0.3) is 16.9 Å². The maximum atomic E-state index is 13.1. The Bertz CT molecular complexity index is 1350. The molecule has 0 saturated heterocycles. The van der Waals surface area contributed by atoms with Crippen molar-refractivity contribution in [3.63, 3.8) is 0 Å². The Morgan fingerprint density at radius 1 is 1.06 bits per heavy atom. The fourth-order valence-electron chi connectivity index (χ4n) is 3.01. The number of thiazole rings is 1. The number of anilines is 1. The number of carbonyl (C=O) groups excluding carboxylic acids is 1. The molecule has 10 heteroatoms. The lowest BCUT2D eigenvalue weighted by Crippen LogP contribution is -2.27. The van der Waals surface area contributed by atoms with E-state index in [1.54, 1.807) is 5.38 Å². The van der Waals surface area contributed by atoms with E-state index in [0.717, 1.165) is 28.4 Å². The minimum absolute atomic E-state index is 0.0759. The van der Waals surface area contributed by atoms with Crippen molar-refractivity contribution in [2.45, 2.75) is 13.1 Å². The zero-order valence-corrected chi connectivity index (χ0v) is 17.4. The van der Waals surface area contributed by atoms with Crippen LogP contribution in [0, 0.1) is 6.92 Å². The van der Waals surface area contributed by atoms with E-state index >= 15 is 0 Å². The van der Waals surface area contributed by atoms with Crippen molar-refractivity contribution < 1.29 is 18.0 Å². The predicted octanol–water partition coefficient (Wildman–Crippen LogP) is 4.94. The van der Waals surface area contributed by atoms with E-state index in [2.05, 4.69) is 15.4 Å². The summed E-state index contributed by atoms with van der Waals surface area (Å²) in [6.07, 6.45) is -4.54. The van der Waals surface area contributed by atoms with Crippen molar-refractivity contribution in [2.75, 3.05) is 5.32 Å². The van der Waals surface area contributed by atoms with Crippen molar-refractivity contribution >= 4 is 22.4 Å². The van der Waals surface area contributed by atoms with Crippen LogP contribution in [0.2, 0.25) is 0 Å². The molecule has 0 spiro atoms. The van der Waals surface area contributed by atoms with E-state index in [4.69, 9.17) is 0 Å². The highest BCUT2D eigenvalue weighted by Crippen LogP contribution is 2.30. The molecule has 0 aliphatic rings. The van der Waals surface area contributed by atoms with Gasteiger partial charge in [0.1, 0.15) is 0 Å². The van der Waals surface area contributed by atoms with E-state index in [1.807, 2.05) is 30.3 Å². The monoisotopic (exact) mass is 456 g/mol. The SMILES string of the molecule is Cc1cc(=O)c(C(=O)Nc2nc(-c3ccccc3)cs2)nn1-c1cccc(C(F)(F)F)c1. The molecular formula is C22H15F3N4O2S. The molecule has 162 valence electrons. The van der Waals surface area contributed by atoms with Gasteiger partial charge in [0.25, 0.3) is 5.91 Å². The van der Waals surface area contributed by atoms with Gasteiger partial charge in [0.2, 0.25) is 5.43 Å². The topological polar surface area (TPSA) is 76.9 Å². The quantitative estimate of drug-likeness (QED) is 0.472. The summed E-state index contributed by atoms with van der Waals surface area (Å²) in [7, 11) is 0. The highest BCUT2D eigenvalue weighted by Gasteiger charge is 2.30. The molecule has 0 atom stereocenters. The summed E-state index contributed by atoms with van der Waals surface area (Å²) in [6.45, 7) is 1.52. The third kappa shape index (κ3) is 4.45. The maximum Gasteiger partial charge on any atom is 0.416 e. The van der Waals surface area contributed by atoms with Crippen molar-refractivity contribution in [2.24, 2.45) is 0 Å². The van der Waals surface area contributed by atoms with Gasteiger partial charge in [0, 0.05) is 22.7 Å². The lowest BCUT2D eigenvalue weighted by Gasteiger charge is -2.13. The van der Waals surface area contributed by atoms with Crippen LogP contribution in [-0.2, 0) is 6.18 Å². The number of hydrogen-bond donors (Lipinski definition) is 1. The summed E-state index contributed by atoms with van der Waals surface area (Å²) < 4.78 is 40.3. The third-order valence-electron chi connectivity index (χ3n) is 4.53. The number of aromatic nitrogens is 3. The molecule has 4 rings (SSSR count). The first kappa shape index (κ1) is 21.4. The minimum Gasteiger partial charge on any atom is -0.296 e. The number of rotatable bonds is 4. The van der Waals surface area contributed by atoms with Gasteiger partial charge in [-0.2, -0.15) is 18.3 Å². The molecule has 4 aromatic rings. The van der Waals surface area contributed by atoms with Crippen LogP contribution in [0.15, 0.2) is 70.8 Å². The standard InChI is InChI=1S/C22H15F3N4O2S/c1-13-10-18(30)19(28-29(13)16-9-5-8-15(11-16)22(23,24)25)20(31)27-21-26-17(12-32-21)14-6-3-2-4-7-14/h2-12H,1H3,(H,26,27,31). The molecule has 32 heavy (non-hydrogen) atoms. The number of carbonyl (C=O) groups is 1. The summed E-state index contributed by atoms with van der Waals surface area (Å²) >= 11 is 1.18. The minimum atomic E-state index is -4.54. The summed E-state index contributed by atoms with van der Waals surface area (Å²) in [4.78, 5) is 29.4. The Balaban J connectivity index is 1.64.